The standard InChI is InChI=1S/C43H44O12/c1-25-13-30(16-31(19-44)40(25)53-22-37(47)50-6)28(4)29-9-11-34(12-10-29)43(5,35-14-26(2)41(32(17-35)20-45)54-23-38(48)51-7)36-15-27(3)42(33(18-36)21-46)55-24-39(49)52-8/h9-21,28H,22-24H2,1-8H3. The van der Waals surface area contributed by atoms with Crippen molar-refractivity contribution in [2.24, 2.45) is 0 Å². The normalized spacial score (nSPS) is 11.5. The highest BCUT2D eigenvalue weighted by molar-refractivity contribution is 5.84. The summed E-state index contributed by atoms with van der Waals surface area (Å²) in [5, 5.41) is 0. The predicted octanol–water partition coefficient (Wildman–Crippen LogP) is 6.21. The van der Waals surface area contributed by atoms with Crippen molar-refractivity contribution >= 4 is 36.8 Å². The molecule has 0 radical (unpaired) electrons. The van der Waals surface area contributed by atoms with E-state index in [9.17, 15) is 28.8 Å². The van der Waals surface area contributed by atoms with Crippen molar-refractivity contribution in [2.75, 3.05) is 41.2 Å². The highest BCUT2D eigenvalue weighted by Crippen LogP contribution is 2.44. The fraction of sp³-hybridized carbons (Fsp3) is 0.302. The Labute approximate surface area is 319 Å². The van der Waals surface area contributed by atoms with E-state index in [0.717, 1.165) is 16.7 Å². The minimum absolute atomic E-state index is 0.169. The third-order valence-corrected chi connectivity index (χ3v) is 9.64. The number of aldehydes is 3. The van der Waals surface area contributed by atoms with Gasteiger partial charge in [0.1, 0.15) is 17.2 Å². The average Bonchev–Trinajstić information content (AvgIpc) is 3.20. The van der Waals surface area contributed by atoms with Crippen LogP contribution in [0.2, 0.25) is 0 Å². The molecular weight excluding hydrogens is 708 g/mol. The van der Waals surface area contributed by atoms with Gasteiger partial charge < -0.3 is 28.4 Å². The third-order valence-electron chi connectivity index (χ3n) is 9.64. The zero-order valence-corrected chi connectivity index (χ0v) is 32.1. The highest BCUT2D eigenvalue weighted by atomic mass is 16.6. The van der Waals surface area contributed by atoms with Gasteiger partial charge in [0.15, 0.2) is 38.7 Å². The summed E-state index contributed by atoms with van der Waals surface area (Å²) in [7, 11) is 3.74. The van der Waals surface area contributed by atoms with Crippen molar-refractivity contribution in [2.45, 2.75) is 46.0 Å². The van der Waals surface area contributed by atoms with Gasteiger partial charge in [-0.25, -0.2) is 14.4 Å². The lowest BCUT2D eigenvalue weighted by Gasteiger charge is -2.34. The maximum absolute atomic E-state index is 12.5. The van der Waals surface area contributed by atoms with Crippen LogP contribution in [0, 0.1) is 20.8 Å². The first-order valence-electron chi connectivity index (χ1n) is 17.3. The molecule has 0 N–H and O–H groups in total. The van der Waals surface area contributed by atoms with Crippen molar-refractivity contribution in [1.29, 1.82) is 0 Å². The van der Waals surface area contributed by atoms with Gasteiger partial charge in [-0.2, -0.15) is 0 Å². The Morgan fingerprint density at radius 2 is 0.909 bits per heavy atom. The smallest absolute Gasteiger partial charge is 0.343 e. The summed E-state index contributed by atoms with van der Waals surface area (Å²) >= 11 is 0. The molecule has 0 fully saturated rings. The second-order valence-corrected chi connectivity index (χ2v) is 13.1. The SMILES string of the molecule is COC(=O)COc1c(C)cc(C(C)c2ccc(C(C)(c3cc(C)c(OCC(=O)OC)c(C=O)c3)c3cc(C)c(OCC(=O)OC)c(C=O)c3)cc2)cc1C=O. The number of aryl methyl sites for hydroxylation is 3. The van der Waals surface area contributed by atoms with Crippen LogP contribution in [0.1, 0.15) is 95.3 Å². The van der Waals surface area contributed by atoms with Gasteiger partial charge in [0.25, 0.3) is 0 Å². The molecule has 12 nitrogen and oxygen atoms in total. The molecule has 4 rings (SSSR count). The van der Waals surface area contributed by atoms with Crippen molar-refractivity contribution in [3.05, 3.63) is 122 Å². The molecule has 1 unspecified atom stereocenters. The van der Waals surface area contributed by atoms with Gasteiger partial charge in [-0.3, -0.25) is 14.4 Å². The van der Waals surface area contributed by atoms with E-state index < -0.39 is 23.3 Å². The number of methoxy groups -OCH3 is 3. The Balaban J connectivity index is 1.86. The molecule has 1 atom stereocenters. The minimum atomic E-state index is -0.992. The van der Waals surface area contributed by atoms with E-state index in [1.807, 2.05) is 56.3 Å². The minimum Gasteiger partial charge on any atom is -0.481 e. The largest absolute Gasteiger partial charge is 0.481 e. The summed E-state index contributed by atoms with van der Waals surface area (Å²) in [6, 6.07) is 18.6. The molecule has 0 saturated heterocycles. The molecule has 4 aromatic carbocycles. The van der Waals surface area contributed by atoms with E-state index in [1.165, 1.54) is 21.3 Å². The van der Waals surface area contributed by atoms with Crippen LogP contribution in [0.5, 0.6) is 17.2 Å². The van der Waals surface area contributed by atoms with Crippen LogP contribution in [-0.4, -0.2) is 77.9 Å². The van der Waals surface area contributed by atoms with E-state index in [2.05, 4.69) is 4.74 Å². The summed E-state index contributed by atoms with van der Waals surface area (Å²) in [5.41, 5.74) is 5.54. The summed E-state index contributed by atoms with van der Waals surface area (Å²) in [6.45, 7) is 8.19. The molecule has 0 heterocycles. The molecule has 55 heavy (non-hydrogen) atoms. The fourth-order valence-electron chi connectivity index (χ4n) is 6.48. The zero-order valence-electron chi connectivity index (χ0n) is 32.1. The number of hydrogen-bond donors (Lipinski definition) is 0. The monoisotopic (exact) mass is 752 g/mol. The van der Waals surface area contributed by atoms with E-state index >= 15 is 0 Å². The summed E-state index contributed by atoms with van der Waals surface area (Å²) in [4.78, 5) is 72.4. The molecule has 0 aliphatic carbocycles. The molecule has 0 amide bonds. The van der Waals surface area contributed by atoms with Gasteiger partial charge in [-0.1, -0.05) is 49.4 Å². The van der Waals surface area contributed by atoms with Crippen molar-refractivity contribution in [3.8, 4) is 17.2 Å². The lowest BCUT2D eigenvalue weighted by molar-refractivity contribution is -0.143. The molecule has 0 aromatic heterocycles. The molecule has 0 spiro atoms. The Morgan fingerprint density at radius 1 is 0.545 bits per heavy atom. The summed E-state index contributed by atoms with van der Waals surface area (Å²) < 4.78 is 31.1. The van der Waals surface area contributed by atoms with E-state index in [4.69, 9.17) is 23.7 Å². The van der Waals surface area contributed by atoms with Gasteiger partial charge in [-0.15, -0.1) is 0 Å². The molecule has 288 valence electrons. The number of rotatable bonds is 17. The lowest BCUT2D eigenvalue weighted by atomic mass is 9.69. The lowest BCUT2D eigenvalue weighted by Crippen LogP contribution is -2.27. The topological polar surface area (TPSA) is 158 Å². The van der Waals surface area contributed by atoms with Gasteiger partial charge >= 0.3 is 17.9 Å². The van der Waals surface area contributed by atoms with Gasteiger partial charge in [0, 0.05) is 11.3 Å². The van der Waals surface area contributed by atoms with Crippen LogP contribution in [0.25, 0.3) is 0 Å². The molecule has 0 aliphatic heterocycles. The summed E-state index contributed by atoms with van der Waals surface area (Å²) in [6.07, 6.45) is 2.00. The first-order valence-corrected chi connectivity index (χ1v) is 17.3. The first-order chi connectivity index (χ1) is 26.2. The number of ether oxygens (including phenoxy) is 6. The number of carbonyl (C=O) groups is 6. The Bertz CT molecular complexity index is 2020. The third kappa shape index (κ3) is 9.09. The molecule has 0 bridgehead atoms. The molecule has 0 aliphatic rings. The van der Waals surface area contributed by atoms with Crippen LogP contribution < -0.4 is 14.2 Å². The van der Waals surface area contributed by atoms with E-state index in [1.54, 1.807) is 39.0 Å². The molecule has 12 heteroatoms. The number of hydrogen-bond acceptors (Lipinski definition) is 12. The van der Waals surface area contributed by atoms with Gasteiger partial charge in [0.05, 0.1) is 38.0 Å². The second kappa shape index (κ2) is 18.2. The fourth-order valence-corrected chi connectivity index (χ4v) is 6.48. The maximum Gasteiger partial charge on any atom is 0.343 e. The van der Waals surface area contributed by atoms with Crippen LogP contribution in [-0.2, 0) is 34.0 Å². The van der Waals surface area contributed by atoms with Crippen LogP contribution in [0.3, 0.4) is 0 Å². The van der Waals surface area contributed by atoms with Gasteiger partial charge in [0.2, 0.25) is 0 Å². The highest BCUT2D eigenvalue weighted by Gasteiger charge is 2.34. The first kappa shape index (κ1) is 41.5. The van der Waals surface area contributed by atoms with E-state index in [-0.39, 0.29) is 48.4 Å². The zero-order chi connectivity index (χ0) is 40.4. The Morgan fingerprint density at radius 3 is 1.27 bits per heavy atom. The second-order valence-electron chi connectivity index (χ2n) is 13.1. The van der Waals surface area contributed by atoms with Crippen LogP contribution >= 0.6 is 0 Å². The van der Waals surface area contributed by atoms with Crippen molar-refractivity contribution in [1.82, 2.24) is 0 Å². The average molecular weight is 753 g/mol. The molecule has 0 saturated carbocycles. The van der Waals surface area contributed by atoms with Crippen LogP contribution in [0.15, 0.2) is 60.7 Å². The number of esters is 3. The quantitative estimate of drug-likeness (QED) is 0.0521. The Hall–Kier alpha value is -6.30. The van der Waals surface area contributed by atoms with Crippen molar-refractivity contribution < 1.29 is 57.2 Å². The Kier molecular flexibility index (Phi) is 13.7. The number of carbonyl (C=O) groups excluding carboxylic acids is 6. The molecular formula is C43H44O12. The maximum atomic E-state index is 12.5. The van der Waals surface area contributed by atoms with Crippen LogP contribution in [0.4, 0.5) is 0 Å². The number of benzene rings is 4. The van der Waals surface area contributed by atoms with E-state index in [0.29, 0.717) is 58.0 Å². The van der Waals surface area contributed by atoms with Crippen molar-refractivity contribution in [3.63, 3.8) is 0 Å². The summed E-state index contributed by atoms with van der Waals surface area (Å²) in [5.74, 6) is -1.17. The predicted molar refractivity (Wildman–Crippen MR) is 202 cm³/mol. The molecule has 4 aromatic rings. The van der Waals surface area contributed by atoms with Gasteiger partial charge in [-0.05, 0) is 90.4 Å².